The van der Waals surface area contributed by atoms with Gasteiger partial charge in [0.15, 0.2) is 5.75 Å². The molecule has 0 fully saturated rings. The number of nitrogens with zero attached hydrogens (tertiary/aromatic N) is 1. The number of rotatable bonds is 5. The van der Waals surface area contributed by atoms with E-state index in [9.17, 15) is 8.78 Å². The molecule has 7 heteroatoms. The first kappa shape index (κ1) is 13.4. The summed E-state index contributed by atoms with van der Waals surface area (Å²) in [6.45, 7) is -2.67. The van der Waals surface area contributed by atoms with E-state index in [4.69, 9.17) is 10.6 Å². The molecular weight excluding hydrogens is 256 g/mol. The van der Waals surface area contributed by atoms with Gasteiger partial charge in [0, 0.05) is 12.5 Å². The zero-order valence-electron chi connectivity index (χ0n) is 10.2. The van der Waals surface area contributed by atoms with Gasteiger partial charge in [-0.25, -0.2) is 4.98 Å². The number of alkyl halides is 2. The zero-order valence-corrected chi connectivity index (χ0v) is 10.2. The molecule has 0 aliphatic rings. The predicted octanol–water partition coefficient (Wildman–Crippen LogP) is 2.27. The van der Waals surface area contributed by atoms with E-state index < -0.39 is 6.61 Å². The topological polar surface area (TPSA) is 69.4 Å². The molecule has 0 unspecified atom stereocenters. The average Bonchev–Trinajstić information content (AvgIpc) is 2.38. The van der Waals surface area contributed by atoms with Crippen molar-refractivity contribution in [2.24, 2.45) is 5.84 Å². The largest absolute Gasteiger partial charge is 0.432 e. The fourth-order valence-electron chi connectivity index (χ4n) is 1.81. The Morgan fingerprint density at radius 2 is 2.21 bits per heavy atom. The summed E-state index contributed by atoms with van der Waals surface area (Å²) in [7, 11) is 1.52. The summed E-state index contributed by atoms with van der Waals surface area (Å²) >= 11 is 0. The quantitative estimate of drug-likeness (QED) is 0.643. The van der Waals surface area contributed by atoms with Crippen LogP contribution in [0.25, 0.3) is 10.9 Å². The number of pyridine rings is 1. The second-order valence-electron chi connectivity index (χ2n) is 3.77. The van der Waals surface area contributed by atoms with Gasteiger partial charge in [0.1, 0.15) is 5.52 Å². The van der Waals surface area contributed by atoms with Crippen molar-refractivity contribution < 1.29 is 18.3 Å². The van der Waals surface area contributed by atoms with Crippen LogP contribution >= 0.6 is 0 Å². The number of nitrogen functional groups attached to an aromatic ring is 1. The number of anilines is 1. The van der Waals surface area contributed by atoms with Crippen LogP contribution in [0.15, 0.2) is 24.3 Å². The summed E-state index contributed by atoms with van der Waals surface area (Å²) in [4.78, 5) is 4.25. The third-order valence-corrected chi connectivity index (χ3v) is 2.52. The molecule has 0 aliphatic carbocycles. The van der Waals surface area contributed by atoms with Crippen LogP contribution in [0, 0.1) is 0 Å². The molecular formula is C12H13F2N3O2. The zero-order chi connectivity index (χ0) is 13.8. The number of hydrogen-bond acceptors (Lipinski definition) is 5. The number of nitrogens with two attached hydrogens (primary N) is 1. The molecule has 3 N–H and O–H groups in total. The molecule has 0 atom stereocenters. The Morgan fingerprint density at radius 3 is 2.84 bits per heavy atom. The van der Waals surface area contributed by atoms with Gasteiger partial charge in [-0.3, -0.25) is 5.84 Å². The Morgan fingerprint density at radius 1 is 1.42 bits per heavy atom. The highest BCUT2D eigenvalue weighted by atomic mass is 19.3. The van der Waals surface area contributed by atoms with E-state index in [2.05, 4.69) is 15.1 Å². The van der Waals surface area contributed by atoms with Gasteiger partial charge in [0.2, 0.25) is 0 Å². The molecule has 102 valence electrons. The van der Waals surface area contributed by atoms with E-state index in [1.165, 1.54) is 13.2 Å². The molecule has 0 spiro atoms. The lowest BCUT2D eigenvalue weighted by molar-refractivity contribution is -0.0489. The number of methoxy groups -OCH3 is 1. The van der Waals surface area contributed by atoms with Crippen LogP contribution in [0.5, 0.6) is 5.75 Å². The molecule has 1 aromatic carbocycles. The molecule has 5 nitrogen and oxygen atoms in total. The van der Waals surface area contributed by atoms with Gasteiger partial charge >= 0.3 is 6.61 Å². The number of benzene rings is 1. The SMILES string of the molecule is COCc1cc(NN)c2cccc(OC(F)F)c2n1. The first-order chi connectivity index (χ1) is 9.15. The number of ether oxygens (including phenoxy) is 2. The van der Waals surface area contributed by atoms with Gasteiger partial charge < -0.3 is 14.9 Å². The van der Waals surface area contributed by atoms with E-state index in [1.54, 1.807) is 18.2 Å². The highest BCUT2D eigenvalue weighted by Crippen LogP contribution is 2.30. The molecule has 1 heterocycles. The number of hydrazine groups is 1. The van der Waals surface area contributed by atoms with Crippen LogP contribution in [0.4, 0.5) is 14.5 Å². The Kier molecular flexibility index (Phi) is 4.08. The van der Waals surface area contributed by atoms with Gasteiger partial charge in [-0.2, -0.15) is 8.78 Å². The van der Waals surface area contributed by atoms with E-state index in [0.717, 1.165) is 0 Å². The Bertz CT molecular complexity index is 578. The number of hydrogen-bond donors (Lipinski definition) is 2. The van der Waals surface area contributed by atoms with E-state index >= 15 is 0 Å². The smallest absolute Gasteiger partial charge is 0.387 e. The predicted molar refractivity (Wildman–Crippen MR) is 66.9 cm³/mol. The van der Waals surface area contributed by atoms with Crippen LogP contribution in [0.2, 0.25) is 0 Å². The molecule has 0 amide bonds. The average molecular weight is 269 g/mol. The molecule has 0 saturated heterocycles. The maximum atomic E-state index is 12.4. The minimum Gasteiger partial charge on any atom is -0.432 e. The van der Waals surface area contributed by atoms with Gasteiger partial charge in [0.05, 0.1) is 18.0 Å². The summed E-state index contributed by atoms with van der Waals surface area (Å²) in [6, 6.07) is 6.43. The van der Waals surface area contributed by atoms with Crippen molar-refractivity contribution in [2.75, 3.05) is 12.5 Å². The Balaban J connectivity index is 2.61. The van der Waals surface area contributed by atoms with Crippen molar-refractivity contribution in [3.8, 4) is 5.75 Å². The maximum absolute atomic E-state index is 12.4. The summed E-state index contributed by atoms with van der Waals surface area (Å²) in [5, 5.41) is 0.598. The van der Waals surface area contributed by atoms with Crippen molar-refractivity contribution >= 4 is 16.6 Å². The van der Waals surface area contributed by atoms with E-state index in [1.807, 2.05) is 0 Å². The first-order valence-electron chi connectivity index (χ1n) is 5.48. The lowest BCUT2D eigenvalue weighted by atomic mass is 10.1. The summed E-state index contributed by atoms with van der Waals surface area (Å²) in [5.74, 6) is 5.43. The van der Waals surface area contributed by atoms with Crippen molar-refractivity contribution in [3.05, 3.63) is 30.0 Å². The van der Waals surface area contributed by atoms with E-state index in [0.29, 0.717) is 22.3 Å². The monoisotopic (exact) mass is 269 g/mol. The summed E-state index contributed by atoms with van der Waals surface area (Å²) in [5.41, 5.74) is 3.95. The van der Waals surface area contributed by atoms with Crippen LogP contribution in [0.1, 0.15) is 5.69 Å². The summed E-state index contributed by atoms with van der Waals surface area (Å²) < 4.78 is 34.2. The minimum absolute atomic E-state index is 0.00181. The highest BCUT2D eigenvalue weighted by Gasteiger charge is 2.13. The Labute approximate surface area is 108 Å². The van der Waals surface area contributed by atoms with Gasteiger partial charge in [0.25, 0.3) is 0 Å². The first-order valence-corrected chi connectivity index (χ1v) is 5.48. The number of halogens is 2. The normalized spacial score (nSPS) is 11.0. The van der Waals surface area contributed by atoms with Crippen molar-refractivity contribution in [3.63, 3.8) is 0 Å². The van der Waals surface area contributed by atoms with E-state index in [-0.39, 0.29) is 12.4 Å². The third-order valence-electron chi connectivity index (χ3n) is 2.52. The van der Waals surface area contributed by atoms with Gasteiger partial charge in [-0.1, -0.05) is 12.1 Å². The molecule has 2 rings (SSSR count). The fraction of sp³-hybridized carbons (Fsp3) is 0.250. The minimum atomic E-state index is -2.91. The third kappa shape index (κ3) is 2.88. The van der Waals surface area contributed by atoms with Crippen molar-refractivity contribution in [1.82, 2.24) is 4.98 Å². The van der Waals surface area contributed by atoms with Crippen LogP contribution in [-0.4, -0.2) is 18.7 Å². The molecule has 0 radical (unpaired) electrons. The standard InChI is InChI=1S/C12H13F2N3O2/c1-18-6-7-5-9(17-15)8-3-2-4-10(11(8)16-7)19-12(13)14/h2-5,12H,6,15H2,1H3,(H,16,17). The summed E-state index contributed by atoms with van der Waals surface area (Å²) in [6.07, 6.45) is 0. The lowest BCUT2D eigenvalue weighted by Crippen LogP contribution is -2.09. The highest BCUT2D eigenvalue weighted by molar-refractivity contribution is 5.94. The molecule has 0 aliphatic heterocycles. The van der Waals surface area contributed by atoms with Crippen molar-refractivity contribution in [2.45, 2.75) is 13.2 Å². The fourth-order valence-corrected chi connectivity index (χ4v) is 1.81. The van der Waals surface area contributed by atoms with Gasteiger partial charge in [-0.05, 0) is 12.1 Å². The molecule has 1 aromatic heterocycles. The molecule has 19 heavy (non-hydrogen) atoms. The molecule has 0 saturated carbocycles. The molecule has 2 aromatic rings. The van der Waals surface area contributed by atoms with Gasteiger partial charge in [-0.15, -0.1) is 0 Å². The van der Waals surface area contributed by atoms with Crippen LogP contribution in [0.3, 0.4) is 0 Å². The van der Waals surface area contributed by atoms with Crippen molar-refractivity contribution in [1.29, 1.82) is 0 Å². The lowest BCUT2D eigenvalue weighted by Gasteiger charge is -2.12. The number of nitrogens with one attached hydrogen (secondary N) is 1. The number of fused-ring (bicyclic) bond motifs is 1. The Hall–Kier alpha value is -1.99. The second-order valence-corrected chi connectivity index (χ2v) is 3.77. The van der Waals surface area contributed by atoms with Crippen LogP contribution in [-0.2, 0) is 11.3 Å². The number of aromatic nitrogens is 1. The number of para-hydroxylation sites is 1. The van der Waals surface area contributed by atoms with Crippen LogP contribution < -0.4 is 16.0 Å². The molecule has 0 bridgehead atoms. The second kappa shape index (κ2) is 5.77. The maximum Gasteiger partial charge on any atom is 0.387 e.